The molecule has 0 aliphatic rings. The van der Waals surface area contributed by atoms with Gasteiger partial charge < -0.3 is 14.2 Å². The second-order valence-corrected chi connectivity index (χ2v) is 3.63. The van der Waals surface area contributed by atoms with E-state index < -0.39 is 47.9 Å². The Bertz CT molecular complexity index is 518. The van der Waals surface area contributed by atoms with Crippen LogP contribution in [-0.2, 0) is 16.0 Å². The van der Waals surface area contributed by atoms with Crippen LogP contribution in [0.4, 0.5) is 22.0 Å². The minimum Gasteiger partial charge on any atom is -0.496 e. The molecule has 0 spiro atoms. The zero-order chi connectivity index (χ0) is 16.2. The van der Waals surface area contributed by atoms with Crippen molar-refractivity contribution in [2.45, 2.75) is 19.2 Å². The van der Waals surface area contributed by atoms with Crippen LogP contribution in [0.2, 0.25) is 0 Å². The van der Waals surface area contributed by atoms with Gasteiger partial charge in [-0.05, 0) is 0 Å². The van der Waals surface area contributed by atoms with E-state index in [0.29, 0.717) is 6.20 Å². The molecule has 1 aromatic heterocycles. The first-order valence-corrected chi connectivity index (χ1v) is 5.36. The summed E-state index contributed by atoms with van der Waals surface area (Å²) in [6.45, 7) is 0. The second-order valence-electron chi connectivity index (χ2n) is 3.63. The first-order valence-electron chi connectivity index (χ1n) is 5.36. The van der Waals surface area contributed by atoms with Crippen molar-refractivity contribution < 1.29 is 41.0 Å². The molecular weight excluding hydrogens is 305 g/mol. The number of rotatable bonds is 5. The number of ether oxygens (including phenoxy) is 3. The second kappa shape index (κ2) is 6.55. The van der Waals surface area contributed by atoms with E-state index in [-0.39, 0.29) is 0 Å². The number of carbonyl (C=O) groups is 1. The maximum atomic E-state index is 12.8. The molecule has 0 aromatic carbocycles. The van der Waals surface area contributed by atoms with Gasteiger partial charge in [0.15, 0.2) is 0 Å². The van der Waals surface area contributed by atoms with Gasteiger partial charge in [-0.25, -0.2) is 13.8 Å². The highest BCUT2D eigenvalue weighted by molar-refractivity contribution is 5.74. The van der Waals surface area contributed by atoms with Crippen LogP contribution in [-0.4, -0.2) is 31.5 Å². The van der Waals surface area contributed by atoms with Gasteiger partial charge in [-0.15, -0.1) is 13.2 Å². The molecule has 0 amide bonds. The predicted molar refractivity (Wildman–Crippen MR) is 58.1 cm³/mol. The van der Waals surface area contributed by atoms with Crippen molar-refractivity contribution in [1.29, 1.82) is 0 Å². The highest BCUT2D eigenvalue weighted by atomic mass is 19.4. The normalized spacial score (nSPS) is 11.4. The van der Waals surface area contributed by atoms with Crippen LogP contribution in [0.3, 0.4) is 0 Å². The van der Waals surface area contributed by atoms with Gasteiger partial charge in [-0.2, -0.15) is 0 Å². The Kier molecular flexibility index (Phi) is 5.28. The predicted octanol–water partition coefficient (Wildman–Crippen LogP) is 2.64. The van der Waals surface area contributed by atoms with Gasteiger partial charge in [-0.3, -0.25) is 4.79 Å². The average Bonchev–Trinajstić information content (AvgIpc) is 2.38. The number of alkyl halides is 5. The van der Waals surface area contributed by atoms with Crippen molar-refractivity contribution in [3.63, 3.8) is 0 Å². The van der Waals surface area contributed by atoms with Crippen LogP contribution in [0.15, 0.2) is 6.20 Å². The van der Waals surface area contributed by atoms with Gasteiger partial charge in [-0.1, -0.05) is 0 Å². The number of aromatic nitrogens is 1. The van der Waals surface area contributed by atoms with E-state index in [2.05, 4.69) is 19.2 Å². The van der Waals surface area contributed by atoms with Crippen LogP contribution in [0, 0.1) is 0 Å². The largest absolute Gasteiger partial charge is 0.574 e. The Morgan fingerprint density at radius 2 is 1.95 bits per heavy atom. The number of hydrogen-bond acceptors (Lipinski definition) is 5. The quantitative estimate of drug-likeness (QED) is 0.617. The number of halogens is 5. The zero-order valence-electron chi connectivity index (χ0n) is 10.8. The number of hydrogen-bond donors (Lipinski definition) is 0. The summed E-state index contributed by atoms with van der Waals surface area (Å²) in [5.41, 5.74) is -1.33. The van der Waals surface area contributed by atoms with Crippen molar-refractivity contribution >= 4 is 5.97 Å². The number of methoxy groups -OCH3 is 2. The molecule has 0 radical (unpaired) electrons. The van der Waals surface area contributed by atoms with Gasteiger partial charge in [0.05, 0.1) is 31.8 Å². The van der Waals surface area contributed by atoms with E-state index in [1.807, 2.05) is 0 Å². The molecule has 0 atom stereocenters. The van der Waals surface area contributed by atoms with E-state index in [1.165, 1.54) is 0 Å². The van der Waals surface area contributed by atoms with Gasteiger partial charge in [0, 0.05) is 6.20 Å². The summed E-state index contributed by atoms with van der Waals surface area (Å²) in [4.78, 5) is 14.4. The standard InChI is InChI=1S/C11H10F5NO4/c1-19-7(18)3-5-8(20-2)6(9(12)13)4-17-10(5)21-11(14,15)16/h4,9H,3H2,1-2H3. The molecule has 1 aromatic rings. The maximum Gasteiger partial charge on any atom is 0.574 e. The van der Waals surface area contributed by atoms with Crippen molar-refractivity contribution in [3.05, 3.63) is 17.3 Å². The van der Waals surface area contributed by atoms with Gasteiger partial charge in [0.1, 0.15) is 5.75 Å². The third-order valence-electron chi connectivity index (χ3n) is 2.32. The number of nitrogens with zero attached hydrogens (tertiary/aromatic N) is 1. The van der Waals surface area contributed by atoms with Crippen LogP contribution in [0.5, 0.6) is 11.6 Å². The zero-order valence-corrected chi connectivity index (χ0v) is 10.8. The summed E-state index contributed by atoms with van der Waals surface area (Å²) in [5.74, 6) is -2.62. The third kappa shape index (κ3) is 4.43. The lowest BCUT2D eigenvalue weighted by molar-refractivity contribution is -0.276. The summed E-state index contributed by atoms with van der Waals surface area (Å²) in [6.07, 6.45) is -8.43. The number of esters is 1. The van der Waals surface area contributed by atoms with Crippen molar-refractivity contribution in [2.75, 3.05) is 14.2 Å². The molecule has 0 unspecified atom stereocenters. The Morgan fingerprint density at radius 3 is 2.38 bits per heavy atom. The lowest BCUT2D eigenvalue weighted by atomic mass is 10.1. The van der Waals surface area contributed by atoms with E-state index in [9.17, 15) is 26.7 Å². The first kappa shape index (κ1) is 16.9. The topological polar surface area (TPSA) is 57.7 Å². The van der Waals surface area contributed by atoms with Gasteiger partial charge in [0.25, 0.3) is 6.43 Å². The summed E-state index contributed by atoms with van der Waals surface area (Å²) < 4.78 is 74.9. The van der Waals surface area contributed by atoms with E-state index in [0.717, 1.165) is 14.2 Å². The number of carbonyl (C=O) groups excluding carboxylic acids is 1. The lowest BCUT2D eigenvalue weighted by Crippen LogP contribution is -2.20. The van der Waals surface area contributed by atoms with Crippen molar-refractivity contribution in [1.82, 2.24) is 4.98 Å². The van der Waals surface area contributed by atoms with Gasteiger partial charge in [0.2, 0.25) is 5.88 Å². The fraction of sp³-hybridized carbons (Fsp3) is 0.455. The SMILES string of the molecule is COC(=O)Cc1c(OC(F)(F)F)ncc(C(F)F)c1OC. The van der Waals surface area contributed by atoms with Crippen LogP contribution < -0.4 is 9.47 Å². The molecule has 0 N–H and O–H groups in total. The minimum atomic E-state index is -5.10. The molecule has 1 rings (SSSR count). The minimum absolute atomic E-state index is 0.491. The molecule has 0 fully saturated rings. The molecule has 5 nitrogen and oxygen atoms in total. The van der Waals surface area contributed by atoms with E-state index in [4.69, 9.17) is 0 Å². The maximum absolute atomic E-state index is 12.8. The molecule has 10 heteroatoms. The fourth-order valence-electron chi connectivity index (χ4n) is 1.50. The van der Waals surface area contributed by atoms with Gasteiger partial charge >= 0.3 is 12.3 Å². The molecule has 0 bridgehead atoms. The molecule has 0 aliphatic carbocycles. The Morgan fingerprint density at radius 1 is 1.33 bits per heavy atom. The molecule has 0 saturated carbocycles. The summed E-state index contributed by atoms with van der Waals surface area (Å²) in [7, 11) is 1.96. The Balaban J connectivity index is 3.39. The molecule has 0 saturated heterocycles. The smallest absolute Gasteiger partial charge is 0.496 e. The first-order chi connectivity index (χ1) is 9.69. The Hall–Kier alpha value is -2.13. The molecule has 1 heterocycles. The summed E-state index contributed by atoms with van der Waals surface area (Å²) in [5, 5.41) is 0. The summed E-state index contributed by atoms with van der Waals surface area (Å²) >= 11 is 0. The lowest BCUT2D eigenvalue weighted by Gasteiger charge is -2.17. The highest BCUT2D eigenvalue weighted by Gasteiger charge is 2.35. The summed E-state index contributed by atoms with van der Waals surface area (Å²) in [6, 6.07) is 0. The fourth-order valence-corrected chi connectivity index (χ4v) is 1.50. The van der Waals surface area contributed by atoms with Crippen LogP contribution >= 0.6 is 0 Å². The number of pyridine rings is 1. The van der Waals surface area contributed by atoms with E-state index in [1.54, 1.807) is 0 Å². The third-order valence-corrected chi connectivity index (χ3v) is 2.32. The monoisotopic (exact) mass is 315 g/mol. The van der Waals surface area contributed by atoms with Crippen molar-refractivity contribution in [2.24, 2.45) is 0 Å². The highest BCUT2D eigenvalue weighted by Crippen LogP contribution is 2.37. The Labute approximate surface area is 115 Å². The average molecular weight is 315 g/mol. The molecule has 21 heavy (non-hydrogen) atoms. The van der Waals surface area contributed by atoms with Crippen molar-refractivity contribution in [3.8, 4) is 11.6 Å². The van der Waals surface area contributed by atoms with Crippen LogP contribution in [0.1, 0.15) is 17.6 Å². The van der Waals surface area contributed by atoms with E-state index >= 15 is 0 Å². The molecule has 0 aliphatic heterocycles. The molecular formula is C11H10F5NO4. The van der Waals surface area contributed by atoms with Crippen LogP contribution in [0.25, 0.3) is 0 Å². The molecule has 118 valence electrons.